The zero-order valence-corrected chi connectivity index (χ0v) is 11.4. The number of halogens is 2. The van der Waals surface area contributed by atoms with Gasteiger partial charge in [-0.25, -0.2) is 4.79 Å². The van der Waals surface area contributed by atoms with E-state index in [4.69, 9.17) is 28.0 Å². The van der Waals surface area contributed by atoms with Crippen LogP contribution in [0.1, 0.15) is 18.9 Å². The van der Waals surface area contributed by atoms with E-state index in [1.54, 1.807) is 25.1 Å². The quantitative estimate of drug-likeness (QED) is 0.786. The zero-order valence-electron chi connectivity index (χ0n) is 9.87. The Morgan fingerprint density at radius 1 is 1.44 bits per heavy atom. The topological polar surface area (TPSA) is 47.9 Å². The summed E-state index contributed by atoms with van der Waals surface area (Å²) in [6.07, 6.45) is 0.267. The van der Waals surface area contributed by atoms with Gasteiger partial charge in [0.15, 0.2) is 0 Å². The van der Waals surface area contributed by atoms with E-state index in [2.05, 4.69) is 9.89 Å². The minimum Gasteiger partial charge on any atom is -0.466 e. The number of carbonyl (C=O) groups excluding carboxylic acids is 1. The second-order valence-corrected chi connectivity index (χ2v) is 4.94. The molecular formula is C12H11Cl2NO3. The van der Waals surface area contributed by atoms with Gasteiger partial charge in [0, 0.05) is 12.0 Å². The molecule has 0 aromatic heterocycles. The van der Waals surface area contributed by atoms with E-state index in [1.165, 1.54) is 7.11 Å². The molecule has 6 heteroatoms. The Kier molecular flexibility index (Phi) is 3.50. The molecule has 4 nitrogen and oxygen atoms in total. The molecule has 18 heavy (non-hydrogen) atoms. The molecule has 0 fully saturated rings. The third-order valence-electron chi connectivity index (χ3n) is 2.73. The maximum absolute atomic E-state index is 11.6. The molecule has 0 bridgehead atoms. The van der Waals surface area contributed by atoms with Gasteiger partial charge in [-0.05, 0) is 19.1 Å². The number of benzene rings is 1. The van der Waals surface area contributed by atoms with E-state index in [1.807, 2.05) is 0 Å². The highest BCUT2D eigenvalue weighted by Gasteiger charge is 2.44. The first kappa shape index (κ1) is 13.2. The SMILES string of the molecule is COC(=O)[C@]1(C)CC(c2c(Cl)cccc2Cl)=NO1. The number of carbonyl (C=O) groups is 1. The standard InChI is InChI=1S/C12H11Cl2NO3/c1-12(11(16)17-2)6-9(15-18-12)10-7(13)4-3-5-8(10)14/h3-5H,6H2,1-2H3/t12-/m0/s1. The van der Waals surface area contributed by atoms with Gasteiger partial charge in [0.1, 0.15) is 0 Å². The van der Waals surface area contributed by atoms with Crippen LogP contribution >= 0.6 is 23.2 Å². The van der Waals surface area contributed by atoms with E-state index >= 15 is 0 Å². The minimum atomic E-state index is -1.12. The molecule has 1 heterocycles. The average molecular weight is 288 g/mol. The minimum absolute atomic E-state index is 0.267. The maximum Gasteiger partial charge on any atom is 0.353 e. The van der Waals surface area contributed by atoms with Crippen LogP contribution in [-0.2, 0) is 14.4 Å². The molecule has 2 rings (SSSR count). The summed E-state index contributed by atoms with van der Waals surface area (Å²) in [4.78, 5) is 16.8. The highest BCUT2D eigenvalue weighted by atomic mass is 35.5. The molecule has 0 spiro atoms. The van der Waals surface area contributed by atoms with Crippen molar-refractivity contribution in [3.05, 3.63) is 33.8 Å². The monoisotopic (exact) mass is 287 g/mol. The number of hydrogen-bond donors (Lipinski definition) is 0. The molecule has 96 valence electrons. The van der Waals surface area contributed by atoms with Gasteiger partial charge >= 0.3 is 5.97 Å². The van der Waals surface area contributed by atoms with E-state index in [0.29, 0.717) is 21.3 Å². The summed E-state index contributed by atoms with van der Waals surface area (Å²) in [5, 5.41) is 4.84. The van der Waals surface area contributed by atoms with Crippen LogP contribution in [0.5, 0.6) is 0 Å². The fourth-order valence-electron chi connectivity index (χ4n) is 1.77. The Hall–Kier alpha value is -1.26. The third-order valence-corrected chi connectivity index (χ3v) is 3.36. The first-order valence-electron chi connectivity index (χ1n) is 5.26. The largest absolute Gasteiger partial charge is 0.466 e. The molecule has 1 aliphatic heterocycles. The number of ether oxygens (including phenoxy) is 1. The third kappa shape index (κ3) is 2.18. The zero-order chi connectivity index (χ0) is 13.3. The number of rotatable bonds is 2. The molecule has 1 atom stereocenters. The van der Waals surface area contributed by atoms with Crippen LogP contribution in [0.25, 0.3) is 0 Å². The Morgan fingerprint density at radius 3 is 2.61 bits per heavy atom. The average Bonchev–Trinajstić information content (AvgIpc) is 2.72. The highest BCUT2D eigenvalue weighted by molar-refractivity contribution is 6.40. The lowest BCUT2D eigenvalue weighted by Gasteiger charge is -2.17. The smallest absolute Gasteiger partial charge is 0.353 e. The van der Waals surface area contributed by atoms with Crippen molar-refractivity contribution >= 4 is 34.9 Å². The van der Waals surface area contributed by atoms with Crippen molar-refractivity contribution in [2.45, 2.75) is 18.9 Å². The summed E-state index contributed by atoms with van der Waals surface area (Å²) < 4.78 is 4.68. The number of hydrogen-bond acceptors (Lipinski definition) is 4. The molecule has 0 saturated carbocycles. The maximum atomic E-state index is 11.6. The van der Waals surface area contributed by atoms with Crippen LogP contribution in [0.2, 0.25) is 10.0 Å². The summed E-state index contributed by atoms with van der Waals surface area (Å²) >= 11 is 12.2. The molecule has 1 aliphatic rings. The van der Waals surface area contributed by atoms with Crippen molar-refractivity contribution in [2.75, 3.05) is 7.11 Å². The van der Waals surface area contributed by atoms with Crippen LogP contribution in [0.15, 0.2) is 23.4 Å². The number of oxime groups is 1. The Morgan fingerprint density at radius 2 is 2.06 bits per heavy atom. The second-order valence-electron chi connectivity index (χ2n) is 4.13. The summed E-state index contributed by atoms with van der Waals surface area (Å²) in [6.45, 7) is 1.61. The van der Waals surface area contributed by atoms with Crippen molar-refractivity contribution in [1.29, 1.82) is 0 Å². The lowest BCUT2D eigenvalue weighted by molar-refractivity contribution is -0.164. The Bertz CT molecular complexity index is 510. The van der Waals surface area contributed by atoms with Gasteiger partial charge in [0.05, 0.1) is 22.9 Å². The van der Waals surface area contributed by atoms with Crippen molar-refractivity contribution in [2.24, 2.45) is 5.16 Å². The molecule has 0 unspecified atom stereocenters. The molecule has 0 amide bonds. The normalized spacial score (nSPS) is 22.3. The Labute approximate surface area is 114 Å². The molecule has 1 aromatic carbocycles. The van der Waals surface area contributed by atoms with Crippen molar-refractivity contribution in [3.63, 3.8) is 0 Å². The number of esters is 1. The fourth-order valence-corrected chi connectivity index (χ4v) is 2.39. The summed E-state index contributed by atoms with van der Waals surface area (Å²) in [5.41, 5.74) is 0.0130. The predicted octanol–water partition coefficient (Wildman–Crippen LogP) is 3.05. The molecule has 0 aliphatic carbocycles. The van der Waals surface area contributed by atoms with Crippen LogP contribution < -0.4 is 0 Å². The predicted molar refractivity (Wildman–Crippen MR) is 69.1 cm³/mol. The van der Waals surface area contributed by atoms with Crippen LogP contribution in [0, 0.1) is 0 Å². The van der Waals surface area contributed by atoms with Crippen molar-refractivity contribution in [1.82, 2.24) is 0 Å². The van der Waals surface area contributed by atoms with Crippen LogP contribution in [-0.4, -0.2) is 24.4 Å². The Balaban J connectivity index is 2.31. The van der Waals surface area contributed by atoms with Gasteiger partial charge in [-0.1, -0.05) is 34.4 Å². The van der Waals surface area contributed by atoms with Crippen molar-refractivity contribution < 1.29 is 14.4 Å². The summed E-state index contributed by atoms with van der Waals surface area (Å²) in [6, 6.07) is 5.15. The van der Waals surface area contributed by atoms with Gasteiger partial charge in [-0.2, -0.15) is 0 Å². The van der Waals surface area contributed by atoms with E-state index in [0.717, 1.165) is 0 Å². The fraction of sp³-hybridized carbons (Fsp3) is 0.333. The molecule has 1 aromatic rings. The van der Waals surface area contributed by atoms with Gasteiger partial charge < -0.3 is 9.57 Å². The van der Waals surface area contributed by atoms with Gasteiger partial charge in [-0.3, -0.25) is 0 Å². The van der Waals surface area contributed by atoms with E-state index in [9.17, 15) is 4.79 Å². The van der Waals surface area contributed by atoms with Crippen LogP contribution in [0.4, 0.5) is 0 Å². The molecule has 0 saturated heterocycles. The lowest BCUT2D eigenvalue weighted by atomic mass is 9.96. The first-order chi connectivity index (χ1) is 8.48. The van der Waals surface area contributed by atoms with Crippen molar-refractivity contribution in [3.8, 4) is 0 Å². The van der Waals surface area contributed by atoms with E-state index < -0.39 is 11.6 Å². The number of nitrogens with zero attached hydrogens (tertiary/aromatic N) is 1. The van der Waals surface area contributed by atoms with Gasteiger partial charge in [0.2, 0.25) is 5.60 Å². The van der Waals surface area contributed by atoms with E-state index in [-0.39, 0.29) is 6.42 Å². The van der Waals surface area contributed by atoms with Crippen LogP contribution in [0.3, 0.4) is 0 Å². The first-order valence-corrected chi connectivity index (χ1v) is 6.01. The highest BCUT2D eigenvalue weighted by Crippen LogP contribution is 2.33. The lowest BCUT2D eigenvalue weighted by Crippen LogP contribution is -2.36. The number of methoxy groups -OCH3 is 1. The molecule has 0 N–H and O–H groups in total. The van der Waals surface area contributed by atoms with Gasteiger partial charge in [0.25, 0.3) is 0 Å². The van der Waals surface area contributed by atoms with Gasteiger partial charge in [-0.15, -0.1) is 0 Å². The second kappa shape index (κ2) is 4.78. The molecular weight excluding hydrogens is 277 g/mol. The molecule has 0 radical (unpaired) electrons. The summed E-state index contributed by atoms with van der Waals surface area (Å²) in [5.74, 6) is -0.482. The summed E-state index contributed by atoms with van der Waals surface area (Å²) in [7, 11) is 1.30.